The Labute approximate surface area is 96.9 Å². The van der Waals surface area contributed by atoms with E-state index in [1.165, 1.54) is 17.5 Å². The molecule has 0 spiro atoms. The minimum atomic E-state index is 0.312. The molecule has 0 radical (unpaired) electrons. The van der Waals surface area contributed by atoms with E-state index in [1.54, 1.807) is 0 Å². The molecule has 0 aliphatic rings. The molecule has 16 heavy (non-hydrogen) atoms. The molecule has 0 N–H and O–H groups in total. The molecular formula is C14H18N2. The van der Waals surface area contributed by atoms with Crippen molar-refractivity contribution in [3.05, 3.63) is 53.9 Å². The van der Waals surface area contributed by atoms with Crippen LogP contribution in [0.3, 0.4) is 0 Å². The number of hydrogen-bond donors (Lipinski definition) is 0. The Balaban J connectivity index is 2.17. The Bertz CT molecular complexity index is 431. The molecule has 0 saturated heterocycles. The van der Waals surface area contributed by atoms with Crippen LogP contribution in [0.25, 0.3) is 0 Å². The van der Waals surface area contributed by atoms with Gasteiger partial charge in [-0.1, -0.05) is 43.7 Å². The zero-order valence-corrected chi connectivity index (χ0v) is 9.93. The highest BCUT2D eigenvalue weighted by Crippen LogP contribution is 2.17. The lowest BCUT2D eigenvalue weighted by atomic mass is 10.1. The van der Waals surface area contributed by atoms with Crippen LogP contribution in [0.4, 0.5) is 0 Å². The van der Waals surface area contributed by atoms with Gasteiger partial charge in [0.15, 0.2) is 0 Å². The molecule has 0 bridgehead atoms. The SMILES string of the molecule is CCCc1cnn(C(C)c2ccccc2)c1. The van der Waals surface area contributed by atoms with Crippen molar-refractivity contribution in [2.45, 2.75) is 32.7 Å². The van der Waals surface area contributed by atoms with Crippen LogP contribution >= 0.6 is 0 Å². The molecule has 1 atom stereocenters. The average Bonchev–Trinajstić information content (AvgIpc) is 2.78. The highest BCUT2D eigenvalue weighted by molar-refractivity contribution is 5.19. The summed E-state index contributed by atoms with van der Waals surface area (Å²) in [6, 6.07) is 10.8. The Morgan fingerprint density at radius 2 is 2.00 bits per heavy atom. The highest BCUT2D eigenvalue weighted by Gasteiger charge is 2.08. The average molecular weight is 214 g/mol. The minimum Gasteiger partial charge on any atom is -0.265 e. The summed E-state index contributed by atoms with van der Waals surface area (Å²) in [5.41, 5.74) is 2.62. The van der Waals surface area contributed by atoms with Gasteiger partial charge in [-0.05, 0) is 24.5 Å². The summed E-state index contributed by atoms with van der Waals surface area (Å²) < 4.78 is 2.04. The standard InChI is InChI=1S/C14H18N2/c1-3-7-13-10-15-16(11-13)12(2)14-8-5-4-6-9-14/h4-6,8-12H,3,7H2,1-2H3. The number of aromatic nitrogens is 2. The van der Waals surface area contributed by atoms with Crippen LogP contribution in [0.2, 0.25) is 0 Å². The fourth-order valence-electron chi connectivity index (χ4n) is 1.89. The maximum atomic E-state index is 4.43. The van der Waals surface area contributed by atoms with E-state index in [1.807, 2.05) is 16.9 Å². The summed E-state index contributed by atoms with van der Waals surface area (Å²) in [7, 11) is 0. The van der Waals surface area contributed by atoms with Crippen LogP contribution in [0, 0.1) is 0 Å². The lowest BCUT2D eigenvalue weighted by Crippen LogP contribution is -2.06. The van der Waals surface area contributed by atoms with Gasteiger partial charge in [0.1, 0.15) is 0 Å². The van der Waals surface area contributed by atoms with Crippen molar-refractivity contribution in [2.24, 2.45) is 0 Å². The number of rotatable bonds is 4. The number of nitrogens with zero attached hydrogens (tertiary/aromatic N) is 2. The first-order valence-electron chi connectivity index (χ1n) is 5.89. The van der Waals surface area contributed by atoms with Gasteiger partial charge in [-0.3, -0.25) is 4.68 Å². The van der Waals surface area contributed by atoms with Gasteiger partial charge in [0.25, 0.3) is 0 Å². The number of aryl methyl sites for hydroxylation is 1. The molecule has 1 unspecified atom stereocenters. The Morgan fingerprint density at radius 3 is 2.69 bits per heavy atom. The lowest BCUT2D eigenvalue weighted by molar-refractivity contribution is 0.564. The lowest BCUT2D eigenvalue weighted by Gasteiger charge is -2.12. The molecule has 0 amide bonds. The van der Waals surface area contributed by atoms with Crippen molar-refractivity contribution in [3.63, 3.8) is 0 Å². The molecule has 2 aromatic rings. The molecule has 2 nitrogen and oxygen atoms in total. The van der Waals surface area contributed by atoms with Gasteiger partial charge in [0.05, 0.1) is 12.2 Å². The molecule has 0 fully saturated rings. The second-order valence-electron chi connectivity index (χ2n) is 4.17. The Hall–Kier alpha value is -1.57. The van der Waals surface area contributed by atoms with Crippen molar-refractivity contribution in [1.29, 1.82) is 0 Å². The zero-order valence-electron chi connectivity index (χ0n) is 9.93. The molecular weight excluding hydrogens is 196 g/mol. The van der Waals surface area contributed by atoms with Crippen LogP contribution in [0.15, 0.2) is 42.7 Å². The van der Waals surface area contributed by atoms with Crippen LogP contribution in [-0.4, -0.2) is 9.78 Å². The highest BCUT2D eigenvalue weighted by atomic mass is 15.3. The topological polar surface area (TPSA) is 17.8 Å². The molecule has 1 aromatic carbocycles. The quantitative estimate of drug-likeness (QED) is 0.762. The summed E-state index contributed by atoms with van der Waals surface area (Å²) in [6.45, 7) is 4.37. The molecule has 84 valence electrons. The van der Waals surface area contributed by atoms with Gasteiger partial charge in [0, 0.05) is 6.20 Å². The summed E-state index contributed by atoms with van der Waals surface area (Å²) in [4.78, 5) is 0. The van der Waals surface area contributed by atoms with Gasteiger partial charge in [-0.15, -0.1) is 0 Å². The third-order valence-corrected chi connectivity index (χ3v) is 2.87. The Morgan fingerprint density at radius 1 is 1.25 bits per heavy atom. The molecule has 1 heterocycles. The normalized spacial score (nSPS) is 12.6. The van der Waals surface area contributed by atoms with E-state index < -0.39 is 0 Å². The van der Waals surface area contributed by atoms with Crippen LogP contribution < -0.4 is 0 Å². The van der Waals surface area contributed by atoms with Crippen molar-refractivity contribution < 1.29 is 0 Å². The summed E-state index contributed by atoms with van der Waals surface area (Å²) >= 11 is 0. The maximum Gasteiger partial charge on any atom is 0.0740 e. The van der Waals surface area contributed by atoms with Crippen LogP contribution in [0.1, 0.15) is 37.4 Å². The van der Waals surface area contributed by atoms with E-state index in [2.05, 4.69) is 49.4 Å². The number of benzene rings is 1. The van der Waals surface area contributed by atoms with E-state index in [4.69, 9.17) is 0 Å². The van der Waals surface area contributed by atoms with Gasteiger partial charge < -0.3 is 0 Å². The van der Waals surface area contributed by atoms with Gasteiger partial charge in [0.2, 0.25) is 0 Å². The smallest absolute Gasteiger partial charge is 0.0740 e. The third-order valence-electron chi connectivity index (χ3n) is 2.87. The molecule has 2 heteroatoms. The maximum absolute atomic E-state index is 4.43. The van der Waals surface area contributed by atoms with E-state index >= 15 is 0 Å². The van der Waals surface area contributed by atoms with Crippen LogP contribution in [0.5, 0.6) is 0 Å². The van der Waals surface area contributed by atoms with Crippen molar-refractivity contribution >= 4 is 0 Å². The molecule has 0 aliphatic heterocycles. The molecule has 2 rings (SSSR count). The molecule has 0 saturated carbocycles. The van der Waals surface area contributed by atoms with Crippen molar-refractivity contribution in [2.75, 3.05) is 0 Å². The van der Waals surface area contributed by atoms with E-state index in [0.29, 0.717) is 6.04 Å². The minimum absolute atomic E-state index is 0.312. The largest absolute Gasteiger partial charge is 0.265 e. The van der Waals surface area contributed by atoms with Gasteiger partial charge in [-0.2, -0.15) is 5.10 Å². The fourth-order valence-corrected chi connectivity index (χ4v) is 1.89. The molecule has 0 aliphatic carbocycles. The van der Waals surface area contributed by atoms with Crippen molar-refractivity contribution in [3.8, 4) is 0 Å². The monoisotopic (exact) mass is 214 g/mol. The summed E-state index contributed by atoms with van der Waals surface area (Å²) in [5.74, 6) is 0. The predicted octanol–water partition coefficient (Wildman–Crippen LogP) is 3.44. The van der Waals surface area contributed by atoms with Crippen molar-refractivity contribution in [1.82, 2.24) is 9.78 Å². The molecule has 1 aromatic heterocycles. The predicted molar refractivity (Wildman–Crippen MR) is 66.5 cm³/mol. The Kier molecular flexibility index (Phi) is 3.40. The van der Waals surface area contributed by atoms with E-state index in [0.717, 1.165) is 6.42 Å². The van der Waals surface area contributed by atoms with Gasteiger partial charge >= 0.3 is 0 Å². The fraction of sp³-hybridized carbons (Fsp3) is 0.357. The van der Waals surface area contributed by atoms with E-state index in [-0.39, 0.29) is 0 Å². The van der Waals surface area contributed by atoms with Crippen LogP contribution in [-0.2, 0) is 6.42 Å². The second kappa shape index (κ2) is 4.97. The first-order chi connectivity index (χ1) is 7.81. The zero-order chi connectivity index (χ0) is 11.4. The first kappa shape index (κ1) is 10.9. The summed E-state index contributed by atoms with van der Waals surface area (Å²) in [5, 5.41) is 4.43. The third kappa shape index (κ3) is 2.32. The second-order valence-corrected chi connectivity index (χ2v) is 4.17. The first-order valence-corrected chi connectivity index (χ1v) is 5.89. The van der Waals surface area contributed by atoms with Gasteiger partial charge in [-0.25, -0.2) is 0 Å². The van der Waals surface area contributed by atoms with E-state index in [9.17, 15) is 0 Å². The summed E-state index contributed by atoms with van der Waals surface area (Å²) in [6.07, 6.45) is 6.41. The number of hydrogen-bond acceptors (Lipinski definition) is 1.